The van der Waals surface area contributed by atoms with E-state index in [0.29, 0.717) is 5.92 Å². The van der Waals surface area contributed by atoms with E-state index in [1.165, 1.54) is 28.1 Å². The maximum Gasteiger partial charge on any atom is 0.231 e. The molecule has 1 spiro atoms. The van der Waals surface area contributed by atoms with Crippen molar-refractivity contribution in [3.05, 3.63) is 107 Å². The quantitative estimate of drug-likeness (QED) is 0.223. The number of rotatable bonds is 11. The predicted molar refractivity (Wildman–Crippen MR) is 176 cm³/mol. The van der Waals surface area contributed by atoms with Crippen LogP contribution in [0.5, 0.6) is 11.5 Å². The molecule has 1 saturated heterocycles. The highest BCUT2D eigenvalue weighted by Gasteiger charge is 2.40. The highest BCUT2D eigenvalue weighted by molar-refractivity contribution is 5.78. The monoisotopic (exact) mass is 604 g/mol. The molecule has 3 aromatic carbocycles. The van der Waals surface area contributed by atoms with Gasteiger partial charge >= 0.3 is 0 Å². The molecule has 0 bridgehead atoms. The summed E-state index contributed by atoms with van der Waals surface area (Å²) in [4.78, 5) is 5.26. The molecule has 0 N–H and O–H groups in total. The van der Waals surface area contributed by atoms with Crippen LogP contribution in [0.2, 0.25) is 0 Å². The fourth-order valence-corrected chi connectivity index (χ4v) is 7.31. The third-order valence-electron chi connectivity index (χ3n) is 9.66. The molecule has 2 fully saturated rings. The van der Waals surface area contributed by atoms with Gasteiger partial charge in [-0.25, -0.2) is 0 Å². The van der Waals surface area contributed by atoms with Crippen molar-refractivity contribution in [1.82, 2.24) is 9.80 Å². The number of benzene rings is 2. The van der Waals surface area contributed by atoms with E-state index >= 15 is 0 Å². The number of ether oxygens (including phenoxy) is 4. The predicted octanol–water partition coefficient (Wildman–Crippen LogP) is 7.71. The Morgan fingerprint density at radius 2 is 1.76 bits per heavy atom. The van der Waals surface area contributed by atoms with Crippen molar-refractivity contribution in [2.24, 2.45) is 5.92 Å². The zero-order chi connectivity index (χ0) is 30.5. The first-order chi connectivity index (χ1) is 22.2. The number of fused-ring (bicyclic) bond motifs is 1. The van der Waals surface area contributed by atoms with Crippen molar-refractivity contribution in [2.45, 2.75) is 64.2 Å². The van der Waals surface area contributed by atoms with Crippen molar-refractivity contribution in [1.29, 1.82) is 0 Å². The topological polar surface area (TPSA) is 43.4 Å². The maximum atomic E-state index is 6.07. The van der Waals surface area contributed by atoms with E-state index in [9.17, 15) is 0 Å². The van der Waals surface area contributed by atoms with E-state index in [0.717, 1.165) is 101 Å². The Balaban J connectivity index is 1.22. The Morgan fingerprint density at radius 3 is 2.53 bits per heavy atom. The van der Waals surface area contributed by atoms with Crippen LogP contribution in [0.25, 0.3) is 11.3 Å². The number of nitrogens with zero attached hydrogens (tertiary/aromatic N) is 2. The number of hydrogen-bond donors (Lipinski definition) is 0. The molecule has 0 unspecified atom stereocenters. The minimum absolute atomic E-state index is 0.290. The van der Waals surface area contributed by atoms with Gasteiger partial charge < -0.3 is 23.8 Å². The van der Waals surface area contributed by atoms with E-state index in [-0.39, 0.29) is 12.6 Å². The molecule has 0 atom stereocenters. The lowest BCUT2D eigenvalue weighted by molar-refractivity contribution is -0.183. The lowest BCUT2D eigenvalue weighted by atomic mass is 9.84. The van der Waals surface area contributed by atoms with E-state index in [1.807, 2.05) is 6.07 Å². The first-order valence-corrected chi connectivity index (χ1v) is 16.7. The third kappa shape index (κ3) is 6.77. The van der Waals surface area contributed by atoms with Crippen LogP contribution >= 0.6 is 0 Å². The summed E-state index contributed by atoms with van der Waals surface area (Å²) >= 11 is 0. The smallest absolute Gasteiger partial charge is 0.231 e. The van der Waals surface area contributed by atoms with Crippen LogP contribution in [0.15, 0.2) is 78.5 Å². The fourth-order valence-electron chi connectivity index (χ4n) is 7.31. The summed E-state index contributed by atoms with van der Waals surface area (Å²) in [6.45, 7) is 7.67. The Labute approximate surface area is 268 Å². The summed E-state index contributed by atoms with van der Waals surface area (Å²) in [5, 5.41) is 0. The molecule has 3 aromatic rings. The van der Waals surface area contributed by atoms with E-state index in [1.54, 1.807) is 0 Å². The van der Waals surface area contributed by atoms with Gasteiger partial charge in [0.25, 0.3) is 0 Å². The molecule has 45 heavy (non-hydrogen) atoms. The summed E-state index contributed by atoms with van der Waals surface area (Å²) in [5.41, 5.74) is 7.66. The SMILES string of the molecule is CCCCN1C(c2ccccc2)=CCC(c2c#cccc2)=C1CN(Cc1ccc2c(c1)OCO2)CC1CCC2(CC1)OCCO2. The zero-order valence-electron chi connectivity index (χ0n) is 26.4. The molecular formula is C39H44N2O4. The molecular weight excluding hydrogens is 560 g/mol. The molecule has 1 saturated carbocycles. The van der Waals surface area contributed by atoms with Crippen molar-refractivity contribution >= 4 is 11.3 Å². The molecule has 4 aliphatic rings. The number of allylic oxidation sites excluding steroid dienone is 2. The van der Waals surface area contributed by atoms with Gasteiger partial charge in [-0.2, -0.15) is 0 Å². The van der Waals surface area contributed by atoms with Crippen LogP contribution in [0.1, 0.15) is 68.6 Å². The molecule has 6 nitrogen and oxygen atoms in total. The van der Waals surface area contributed by atoms with Crippen LogP contribution < -0.4 is 9.47 Å². The average molecular weight is 605 g/mol. The molecule has 0 amide bonds. The number of unbranched alkanes of at least 4 members (excludes halogenated alkanes) is 1. The second kappa shape index (κ2) is 13.7. The lowest BCUT2D eigenvalue weighted by Crippen LogP contribution is -2.41. The van der Waals surface area contributed by atoms with Gasteiger partial charge in [-0.15, -0.1) is 0 Å². The van der Waals surface area contributed by atoms with Gasteiger partial charge in [0.05, 0.1) is 13.2 Å². The minimum Gasteiger partial charge on any atom is -0.454 e. The lowest BCUT2D eigenvalue weighted by Gasteiger charge is -2.40. The molecule has 234 valence electrons. The van der Waals surface area contributed by atoms with Crippen LogP contribution in [-0.4, -0.2) is 55.2 Å². The van der Waals surface area contributed by atoms with Crippen LogP contribution in [-0.2, 0) is 16.0 Å². The molecule has 0 aromatic heterocycles. The molecule has 3 heterocycles. The Bertz CT molecular complexity index is 1490. The van der Waals surface area contributed by atoms with Crippen molar-refractivity contribution < 1.29 is 18.9 Å². The second-order valence-electron chi connectivity index (χ2n) is 12.7. The van der Waals surface area contributed by atoms with Crippen LogP contribution in [0.3, 0.4) is 0 Å². The number of hydrogen-bond acceptors (Lipinski definition) is 6. The van der Waals surface area contributed by atoms with Crippen molar-refractivity contribution in [3.63, 3.8) is 0 Å². The molecule has 1 aliphatic carbocycles. The van der Waals surface area contributed by atoms with Gasteiger partial charge in [-0.3, -0.25) is 4.90 Å². The van der Waals surface area contributed by atoms with Crippen LogP contribution in [0, 0.1) is 18.1 Å². The summed E-state index contributed by atoms with van der Waals surface area (Å²) < 4.78 is 23.6. The maximum absolute atomic E-state index is 6.07. The Hall–Kier alpha value is -3.76. The van der Waals surface area contributed by atoms with E-state index in [4.69, 9.17) is 18.9 Å². The summed E-state index contributed by atoms with van der Waals surface area (Å²) in [7, 11) is 0. The largest absolute Gasteiger partial charge is 0.454 e. The van der Waals surface area contributed by atoms with Crippen molar-refractivity contribution in [2.75, 3.05) is 39.6 Å². The van der Waals surface area contributed by atoms with Gasteiger partial charge in [0, 0.05) is 56.0 Å². The summed E-state index contributed by atoms with van der Waals surface area (Å²) in [6.07, 6.45) is 9.72. The molecule has 0 radical (unpaired) electrons. The third-order valence-corrected chi connectivity index (χ3v) is 9.66. The highest BCUT2D eigenvalue weighted by Crippen LogP contribution is 2.41. The first-order valence-electron chi connectivity index (χ1n) is 16.7. The standard InChI is InChI=1S/C39H44N2O4/c1-2-3-22-41-35(33-12-8-5-9-13-33)16-15-34(32-10-6-4-7-11-32)36(41)28-40(27-31-14-17-37-38(25-31)43-29-42-37)26-30-18-20-39(21-19-30)44-23-24-45-39/h4-6,8-10,12-14,16-17,25,30H,2-3,15,18-24,26-29H2,1H3. The van der Waals surface area contributed by atoms with Gasteiger partial charge in [0.15, 0.2) is 17.3 Å². The zero-order valence-corrected chi connectivity index (χ0v) is 26.4. The Morgan fingerprint density at radius 1 is 0.933 bits per heavy atom. The fraction of sp³-hybridized carbons (Fsp3) is 0.436. The van der Waals surface area contributed by atoms with E-state index in [2.05, 4.69) is 95.6 Å². The van der Waals surface area contributed by atoms with E-state index < -0.39 is 0 Å². The average Bonchev–Trinajstić information content (AvgIpc) is 3.75. The first kappa shape index (κ1) is 29.9. The van der Waals surface area contributed by atoms with Gasteiger partial charge in [-0.1, -0.05) is 74.0 Å². The Kier molecular flexibility index (Phi) is 9.11. The summed E-state index contributed by atoms with van der Waals surface area (Å²) in [5.74, 6) is 1.91. The van der Waals surface area contributed by atoms with Crippen molar-refractivity contribution in [3.8, 4) is 11.5 Å². The molecule has 7 rings (SSSR count). The van der Waals surface area contributed by atoms with Gasteiger partial charge in [0.2, 0.25) is 6.79 Å². The normalized spacial score (nSPS) is 19.3. The second-order valence-corrected chi connectivity index (χ2v) is 12.7. The summed E-state index contributed by atoms with van der Waals surface area (Å²) in [6, 6.07) is 30.2. The molecule has 3 aliphatic heterocycles. The molecule has 6 heteroatoms. The van der Waals surface area contributed by atoms with Gasteiger partial charge in [-0.05, 0) is 72.6 Å². The minimum atomic E-state index is -0.344. The van der Waals surface area contributed by atoms with Gasteiger partial charge in [0.1, 0.15) is 0 Å². The highest BCUT2D eigenvalue weighted by atomic mass is 16.7. The van der Waals surface area contributed by atoms with Crippen LogP contribution in [0.4, 0.5) is 0 Å².